The summed E-state index contributed by atoms with van der Waals surface area (Å²) in [7, 11) is 0. The molecule has 1 aliphatic rings. The Morgan fingerprint density at radius 2 is 1.95 bits per heavy atom. The van der Waals surface area contributed by atoms with Gasteiger partial charge >= 0.3 is 0 Å². The zero-order valence-corrected chi connectivity index (χ0v) is 14.1. The zero-order chi connectivity index (χ0) is 15.2. The van der Waals surface area contributed by atoms with Gasteiger partial charge in [-0.3, -0.25) is 4.98 Å². The van der Waals surface area contributed by atoms with Gasteiger partial charge in [0.25, 0.3) is 0 Å². The van der Waals surface area contributed by atoms with Gasteiger partial charge in [-0.2, -0.15) is 0 Å². The number of pyridine rings is 1. The first-order valence-corrected chi connectivity index (χ1v) is 8.51. The van der Waals surface area contributed by atoms with Crippen molar-refractivity contribution in [3.63, 3.8) is 0 Å². The van der Waals surface area contributed by atoms with Gasteiger partial charge in [0.1, 0.15) is 0 Å². The summed E-state index contributed by atoms with van der Waals surface area (Å²) in [4.78, 5) is 7.03. The second kappa shape index (κ2) is 7.79. The van der Waals surface area contributed by atoms with Crippen LogP contribution in [0.3, 0.4) is 0 Å². The van der Waals surface area contributed by atoms with Crippen molar-refractivity contribution in [2.75, 3.05) is 11.4 Å². The van der Waals surface area contributed by atoms with Crippen LogP contribution in [0.25, 0.3) is 0 Å². The van der Waals surface area contributed by atoms with Crippen molar-refractivity contribution in [3.05, 3.63) is 24.0 Å². The highest BCUT2D eigenvalue weighted by Gasteiger charge is 2.25. The van der Waals surface area contributed by atoms with Crippen molar-refractivity contribution in [3.8, 4) is 0 Å². The van der Waals surface area contributed by atoms with Gasteiger partial charge in [-0.1, -0.05) is 40.5 Å². The minimum Gasteiger partial charge on any atom is -0.367 e. The Morgan fingerprint density at radius 1 is 1.24 bits per heavy atom. The lowest BCUT2D eigenvalue weighted by atomic mass is 10.1. The van der Waals surface area contributed by atoms with E-state index in [4.69, 9.17) is 0 Å². The molecule has 1 aromatic rings. The molecule has 1 aliphatic carbocycles. The lowest BCUT2D eigenvalue weighted by Crippen LogP contribution is -2.37. The third-order valence-electron chi connectivity index (χ3n) is 4.23. The van der Waals surface area contributed by atoms with Gasteiger partial charge in [0.2, 0.25) is 0 Å². The molecule has 1 heterocycles. The van der Waals surface area contributed by atoms with Gasteiger partial charge in [0, 0.05) is 31.4 Å². The predicted molar refractivity (Wildman–Crippen MR) is 90.7 cm³/mol. The SMILES string of the molecule is CC(C)CN(c1cnccc1CNC(C)C)C1CCCC1. The number of nitrogens with zero attached hydrogens (tertiary/aromatic N) is 2. The minimum atomic E-state index is 0.510. The summed E-state index contributed by atoms with van der Waals surface area (Å²) < 4.78 is 0. The lowest BCUT2D eigenvalue weighted by Gasteiger charge is -2.34. The topological polar surface area (TPSA) is 28.2 Å². The van der Waals surface area contributed by atoms with E-state index in [1.165, 1.54) is 36.9 Å². The molecule has 3 heteroatoms. The number of anilines is 1. The molecule has 1 fully saturated rings. The summed E-state index contributed by atoms with van der Waals surface area (Å²) in [6.45, 7) is 11.1. The van der Waals surface area contributed by atoms with Crippen LogP contribution >= 0.6 is 0 Å². The molecular formula is C18H31N3. The van der Waals surface area contributed by atoms with E-state index >= 15 is 0 Å². The average molecular weight is 289 g/mol. The molecule has 3 nitrogen and oxygen atoms in total. The van der Waals surface area contributed by atoms with Crippen LogP contribution in [0.1, 0.15) is 58.9 Å². The minimum absolute atomic E-state index is 0.510. The van der Waals surface area contributed by atoms with Crippen molar-refractivity contribution in [2.24, 2.45) is 5.92 Å². The molecule has 0 unspecified atom stereocenters. The first kappa shape index (κ1) is 16.3. The lowest BCUT2D eigenvalue weighted by molar-refractivity contribution is 0.529. The number of hydrogen-bond acceptors (Lipinski definition) is 3. The maximum atomic E-state index is 4.40. The first-order valence-electron chi connectivity index (χ1n) is 8.51. The normalized spacial score (nSPS) is 16.1. The zero-order valence-electron chi connectivity index (χ0n) is 14.1. The van der Waals surface area contributed by atoms with Gasteiger partial charge < -0.3 is 10.2 Å². The summed E-state index contributed by atoms with van der Waals surface area (Å²) in [5.74, 6) is 0.678. The van der Waals surface area contributed by atoms with Crippen molar-refractivity contribution < 1.29 is 0 Å². The van der Waals surface area contributed by atoms with Crippen LogP contribution in [-0.2, 0) is 6.54 Å². The van der Waals surface area contributed by atoms with E-state index < -0.39 is 0 Å². The fourth-order valence-electron chi connectivity index (χ4n) is 3.19. The monoisotopic (exact) mass is 289 g/mol. The van der Waals surface area contributed by atoms with Gasteiger partial charge in [0.15, 0.2) is 0 Å². The highest BCUT2D eigenvalue weighted by atomic mass is 15.2. The molecular weight excluding hydrogens is 258 g/mol. The second-order valence-corrected chi connectivity index (χ2v) is 7.02. The third kappa shape index (κ3) is 4.70. The van der Waals surface area contributed by atoms with E-state index in [-0.39, 0.29) is 0 Å². The predicted octanol–water partition coefficient (Wildman–Crippen LogP) is 3.98. The average Bonchev–Trinajstić information content (AvgIpc) is 2.96. The molecule has 118 valence electrons. The Morgan fingerprint density at radius 3 is 2.57 bits per heavy atom. The van der Waals surface area contributed by atoms with E-state index in [1.54, 1.807) is 0 Å². The quantitative estimate of drug-likeness (QED) is 0.823. The molecule has 1 N–H and O–H groups in total. The molecule has 1 aromatic heterocycles. The Balaban J connectivity index is 2.21. The van der Waals surface area contributed by atoms with E-state index in [1.807, 2.05) is 6.20 Å². The first-order chi connectivity index (χ1) is 10.1. The van der Waals surface area contributed by atoms with Crippen LogP contribution in [0.2, 0.25) is 0 Å². The van der Waals surface area contributed by atoms with E-state index in [0.717, 1.165) is 13.1 Å². The maximum Gasteiger partial charge on any atom is 0.0600 e. The largest absolute Gasteiger partial charge is 0.367 e. The molecule has 0 aromatic carbocycles. The summed E-state index contributed by atoms with van der Waals surface area (Å²) in [5.41, 5.74) is 2.72. The van der Waals surface area contributed by atoms with E-state index in [0.29, 0.717) is 18.0 Å². The Kier molecular flexibility index (Phi) is 6.04. The van der Waals surface area contributed by atoms with Crippen LogP contribution < -0.4 is 10.2 Å². The maximum absolute atomic E-state index is 4.40. The molecule has 0 radical (unpaired) electrons. The van der Waals surface area contributed by atoms with Crippen LogP contribution in [-0.4, -0.2) is 23.6 Å². The molecule has 2 rings (SSSR count). The molecule has 0 bridgehead atoms. The van der Waals surface area contributed by atoms with Crippen molar-refractivity contribution in [2.45, 2.75) is 72.0 Å². The fraction of sp³-hybridized carbons (Fsp3) is 0.722. The Bertz CT molecular complexity index is 422. The van der Waals surface area contributed by atoms with Crippen molar-refractivity contribution in [1.29, 1.82) is 0 Å². The van der Waals surface area contributed by atoms with Crippen LogP contribution in [0.4, 0.5) is 5.69 Å². The molecule has 0 saturated heterocycles. The molecule has 0 aliphatic heterocycles. The van der Waals surface area contributed by atoms with Gasteiger partial charge in [-0.25, -0.2) is 0 Å². The number of rotatable bonds is 7. The summed E-state index contributed by atoms with van der Waals surface area (Å²) in [6, 6.07) is 3.39. The molecule has 21 heavy (non-hydrogen) atoms. The molecule has 0 spiro atoms. The third-order valence-corrected chi connectivity index (χ3v) is 4.23. The smallest absolute Gasteiger partial charge is 0.0600 e. The van der Waals surface area contributed by atoms with Gasteiger partial charge in [0.05, 0.1) is 11.9 Å². The number of hydrogen-bond donors (Lipinski definition) is 1. The fourth-order valence-corrected chi connectivity index (χ4v) is 3.19. The van der Waals surface area contributed by atoms with Crippen LogP contribution in [0, 0.1) is 5.92 Å². The Labute approximate surface area is 130 Å². The molecule has 0 amide bonds. The van der Waals surface area contributed by atoms with Crippen molar-refractivity contribution >= 4 is 5.69 Å². The van der Waals surface area contributed by atoms with Gasteiger partial charge in [-0.05, 0) is 30.4 Å². The molecule has 0 atom stereocenters. The second-order valence-electron chi connectivity index (χ2n) is 7.02. The van der Waals surface area contributed by atoms with Crippen LogP contribution in [0.5, 0.6) is 0 Å². The number of aromatic nitrogens is 1. The summed E-state index contributed by atoms with van der Waals surface area (Å²) in [5, 5.41) is 3.55. The van der Waals surface area contributed by atoms with Gasteiger partial charge in [-0.15, -0.1) is 0 Å². The highest BCUT2D eigenvalue weighted by molar-refractivity contribution is 5.52. The summed E-state index contributed by atoms with van der Waals surface area (Å²) in [6.07, 6.45) is 9.40. The Hall–Kier alpha value is -1.09. The van der Waals surface area contributed by atoms with E-state index in [9.17, 15) is 0 Å². The number of nitrogens with one attached hydrogen (secondary N) is 1. The van der Waals surface area contributed by atoms with E-state index in [2.05, 4.69) is 55.2 Å². The standard InChI is InChI=1S/C18H31N3/c1-14(2)13-21(17-7-5-6-8-17)18-12-19-10-9-16(18)11-20-15(3)4/h9-10,12,14-15,17,20H,5-8,11,13H2,1-4H3. The van der Waals surface area contributed by atoms with Crippen LogP contribution in [0.15, 0.2) is 18.5 Å². The molecule has 1 saturated carbocycles. The summed E-state index contributed by atoms with van der Waals surface area (Å²) >= 11 is 0. The van der Waals surface area contributed by atoms with Crippen molar-refractivity contribution in [1.82, 2.24) is 10.3 Å². The highest BCUT2D eigenvalue weighted by Crippen LogP contribution is 2.30.